The van der Waals surface area contributed by atoms with Crippen LogP contribution in [-0.2, 0) is 4.79 Å². The number of hydrogen-bond acceptors (Lipinski definition) is 2. The molecule has 0 heterocycles. The average molecular weight is 301 g/mol. The Bertz CT molecular complexity index is 528. The molecule has 3 nitrogen and oxygen atoms in total. The summed E-state index contributed by atoms with van der Waals surface area (Å²) in [6, 6.07) is 4.52. The van der Waals surface area contributed by atoms with Crippen LogP contribution in [0.25, 0.3) is 0 Å². The minimum atomic E-state index is -4.35. The molecule has 21 heavy (non-hydrogen) atoms. The van der Waals surface area contributed by atoms with Crippen LogP contribution < -0.4 is 5.32 Å². The number of halogens is 3. The van der Waals surface area contributed by atoms with Crippen molar-refractivity contribution >= 4 is 11.6 Å². The van der Waals surface area contributed by atoms with E-state index in [0.29, 0.717) is 24.1 Å². The number of hydrogen-bond donors (Lipinski definition) is 2. The first-order valence-corrected chi connectivity index (χ1v) is 6.96. The van der Waals surface area contributed by atoms with Gasteiger partial charge in [0.1, 0.15) is 5.75 Å². The van der Waals surface area contributed by atoms with Crippen LogP contribution in [0.5, 0.6) is 5.75 Å². The molecule has 1 aliphatic rings. The zero-order chi connectivity index (χ0) is 15.6. The molecule has 6 heteroatoms. The summed E-state index contributed by atoms with van der Waals surface area (Å²) in [6.07, 6.45) is -2.98. The second-order valence-corrected chi connectivity index (χ2v) is 5.53. The molecule has 1 fully saturated rings. The van der Waals surface area contributed by atoms with Gasteiger partial charge in [-0.15, -0.1) is 0 Å². The molecule has 0 radical (unpaired) electrons. The predicted molar refractivity (Wildman–Crippen MR) is 73.0 cm³/mol. The van der Waals surface area contributed by atoms with Crippen LogP contribution in [0.4, 0.5) is 18.9 Å². The molecule has 1 aliphatic carbocycles. The van der Waals surface area contributed by atoms with E-state index in [4.69, 9.17) is 0 Å². The molecule has 1 aromatic carbocycles. The van der Waals surface area contributed by atoms with Crippen molar-refractivity contribution in [2.24, 2.45) is 11.8 Å². The van der Waals surface area contributed by atoms with Crippen LogP contribution in [-0.4, -0.2) is 17.2 Å². The molecule has 2 N–H and O–H groups in total. The lowest BCUT2D eigenvalue weighted by molar-refractivity contribution is -0.197. The van der Waals surface area contributed by atoms with Crippen molar-refractivity contribution in [2.75, 3.05) is 5.32 Å². The summed E-state index contributed by atoms with van der Waals surface area (Å²) in [5.74, 6) is -3.25. The lowest BCUT2D eigenvalue weighted by atomic mass is 9.78. The summed E-state index contributed by atoms with van der Waals surface area (Å²) >= 11 is 0. The Balaban J connectivity index is 2.12. The van der Waals surface area contributed by atoms with E-state index >= 15 is 0 Å². The molecule has 116 valence electrons. The largest absolute Gasteiger partial charge is 0.508 e. The number of amides is 1. The summed E-state index contributed by atoms with van der Waals surface area (Å²) < 4.78 is 39.0. The van der Waals surface area contributed by atoms with Crippen LogP contribution in [0.3, 0.4) is 0 Å². The van der Waals surface area contributed by atoms with Crippen molar-refractivity contribution < 1.29 is 23.1 Å². The van der Waals surface area contributed by atoms with E-state index in [1.807, 2.05) is 0 Å². The number of phenolic OH excluding ortho intramolecular Hbond substituents is 1. The number of benzene rings is 1. The van der Waals surface area contributed by atoms with Crippen molar-refractivity contribution in [1.82, 2.24) is 0 Å². The van der Waals surface area contributed by atoms with Crippen LogP contribution in [0.1, 0.15) is 31.2 Å². The van der Waals surface area contributed by atoms with E-state index in [9.17, 15) is 23.1 Å². The Morgan fingerprint density at radius 3 is 2.57 bits per heavy atom. The van der Waals surface area contributed by atoms with Gasteiger partial charge in [-0.3, -0.25) is 4.79 Å². The SMILES string of the molecule is Cc1ccc(NC(=O)C2CCCCC2C(F)(F)F)cc1O. The Labute approximate surface area is 121 Å². The molecule has 1 amide bonds. The van der Waals surface area contributed by atoms with E-state index in [1.165, 1.54) is 6.07 Å². The number of aromatic hydroxyl groups is 1. The zero-order valence-electron chi connectivity index (χ0n) is 11.7. The second-order valence-electron chi connectivity index (χ2n) is 5.53. The summed E-state index contributed by atoms with van der Waals surface area (Å²) in [5, 5.41) is 12.1. The first kappa shape index (κ1) is 15.7. The van der Waals surface area contributed by atoms with Gasteiger partial charge in [-0.05, 0) is 31.4 Å². The highest BCUT2D eigenvalue weighted by Gasteiger charge is 2.48. The average Bonchev–Trinajstić information content (AvgIpc) is 2.42. The summed E-state index contributed by atoms with van der Waals surface area (Å²) in [5.41, 5.74) is 0.952. The molecule has 2 atom stereocenters. The van der Waals surface area contributed by atoms with Gasteiger partial charge in [0.2, 0.25) is 5.91 Å². The first-order valence-electron chi connectivity index (χ1n) is 6.96. The van der Waals surface area contributed by atoms with Crippen LogP contribution in [0.2, 0.25) is 0 Å². The fraction of sp³-hybridized carbons (Fsp3) is 0.533. The van der Waals surface area contributed by atoms with Crippen LogP contribution in [0.15, 0.2) is 18.2 Å². The standard InChI is InChI=1S/C15H18F3NO2/c1-9-6-7-10(8-13(9)20)19-14(21)11-4-2-3-5-12(11)15(16,17)18/h6-8,11-12,20H,2-5H2,1H3,(H,19,21). The van der Waals surface area contributed by atoms with Gasteiger partial charge in [0, 0.05) is 17.7 Å². The minimum Gasteiger partial charge on any atom is -0.508 e. The summed E-state index contributed by atoms with van der Waals surface area (Å²) in [7, 11) is 0. The highest BCUT2D eigenvalue weighted by Crippen LogP contribution is 2.42. The molecule has 0 aromatic heterocycles. The Kier molecular flexibility index (Phi) is 4.44. The van der Waals surface area contributed by atoms with Gasteiger partial charge < -0.3 is 10.4 Å². The first-order chi connectivity index (χ1) is 9.79. The third-order valence-electron chi connectivity index (χ3n) is 4.00. The molecule has 2 unspecified atom stereocenters. The Morgan fingerprint density at radius 2 is 1.95 bits per heavy atom. The maximum atomic E-state index is 13.0. The van der Waals surface area contributed by atoms with Crippen LogP contribution >= 0.6 is 0 Å². The molecule has 0 bridgehead atoms. The number of anilines is 1. The number of nitrogens with one attached hydrogen (secondary N) is 1. The minimum absolute atomic E-state index is 0.000729. The van der Waals surface area contributed by atoms with Gasteiger partial charge in [-0.2, -0.15) is 13.2 Å². The third kappa shape index (κ3) is 3.68. The highest BCUT2D eigenvalue weighted by atomic mass is 19.4. The number of aryl methyl sites for hydroxylation is 1. The normalized spacial score (nSPS) is 22.9. The number of alkyl halides is 3. The van der Waals surface area contributed by atoms with Crippen molar-refractivity contribution in [1.29, 1.82) is 0 Å². The van der Waals surface area contributed by atoms with Gasteiger partial charge in [0.05, 0.1) is 5.92 Å². The lowest BCUT2D eigenvalue weighted by Gasteiger charge is -2.32. The van der Waals surface area contributed by atoms with Gasteiger partial charge in [0.15, 0.2) is 0 Å². The molecule has 0 spiro atoms. The van der Waals surface area contributed by atoms with E-state index in [0.717, 1.165) is 0 Å². The quantitative estimate of drug-likeness (QED) is 0.867. The topological polar surface area (TPSA) is 49.3 Å². The van der Waals surface area contributed by atoms with Gasteiger partial charge in [0.25, 0.3) is 0 Å². The number of rotatable bonds is 2. The molecule has 2 rings (SSSR count). The van der Waals surface area contributed by atoms with Crippen molar-refractivity contribution in [3.8, 4) is 5.75 Å². The highest BCUT2D eigenvalue weighted by molar-refractivity contribution is 5.93. The third-order valence-corrected chi connectivity index (χ3v) is 4.00. The maximum absolute atomic E-state index is 13.0. The molecule has 0 saturated heterocycles. The summed E-state index contributed by atoms with van der Waals surface area (Å²) in [6.45, 7) is 1.70. The molecular weight excluding hydrogens is 283 g/mol. The van der Waals surface area contributed by atoms with Gasteiger partial charge in [-0.25, -0.2) is 0 Å². The molecule has 1 aromatic rings. The molecule has 0 aliphatic heterocycles. The smallest absolute Gasteiger partial charge is 0.392 e. The number of carbonyl (C=O) groups is 1. The van der Waals surface area contributed by atoms with Crippen molar-refractivity contribution in [3.05, 3.63) is 23.8 Å². The van der Waals surface area contributed by atoms with Crippen molar-refractivity contribution in [2.45, 2.75) is 38.8 Å². The number of carbonyl (C=O) groups excluding carboxylic acids is 1. The fourth-order valence-electron chi connectivity index (χ4n) is 2.76. The summed E-state index contributed by atoms with van der Waals surface area (Å²) in [4.78, 5) is 12.1. The predicted octanol–water partition coefficient (Wildman–Crippen LogP) is 4.01. The maximum Gasteiger partial charge on any atom is 0.392 e. The second kappa shape index (κ2) is 5.95. The van der Waals surface area contributed by atoms with Gasteiger partial charge in [-0.1, -0.05) is 18.9 Å². The zero-order valence-corrected chi connectivity index (χ0v) is 11.7. The number of phenols is 1. The van der Waals surface area contributed by atoms with Crippen LogP contribution in [0, 0.1) is 18.8 Å². The molecule has 1 saturated carbocycles. The Morgan fingerprint density at radius 1 is 1.29 bits per heavy atom. The molecular formula is C15H18F3NO2. The monoisotopic (exact) mass is 301 g/mol. The van der Waals surface area contributed by atoms with Crippen molar-refractivity contribution in [3.63, 3.8) is 0 Å². The fourth-order valence-corrected chi connectivity index (χ4v) is 2.76. The van der Waals surface area contributed by atoms with E-state index in [2.05, 4.69) is 5.32 Å². The van der Waals surface area contributed by atoms with E-state index < -0.39 is 23.9 Å². The Hall–Kier alpha value is -1.72. The van der Waals surface area contributed by atoms with E-state index in [1.54, 1.807) is 19.1 Å². The lowest BCUT2D eigenvalue weighted by Crippen LogP contribution is -2.39. The van der Waals surface area contributed by atoms with E-state index in [-0.39, 0.29) is 18.6 Å². The van der Waals surface area contributed by atoms with Gasteiger partial charge >= 0.3 is 6.18 Å².